The summed E-state index contributed by atoms with van der Waals surface area (Å²) in [5.74, 6) is 0.161. The lowest BCUT2D eigenvalue weighted by Gasteiger charge is -2.19. The average molecular weight is 297 g/mol. The highest BCUT2D eigenvalue weighted by atomic mass is 35.5. The van der Waals surface area contributed by atoms with E-state index in [-0.39, 0.29) is 13.0 Å². The van der Waals surface area contributed by atoms with E-state index < -0.39 is 12.1 Å². The van der Waals surface area contributed by atoms with E-state index in [0.29, 0.717) is 27.5 Å². The monoisotopic (exact) mass is 296 g/mol. The molecule has 1 aliphatic heterocycles. The Morgan fingerprint density at radius 2 is 2.25 bits per heavy atom. The number of aliphatic hydroxyl groups excluding tert-OH is 1. The number of benzene rings is 1. The SMILES string of the molecule is C=C(C)C(O)Cc1c(Cl)c2c(c(C)c1OC)COC2=O. The Morgan fingerprint density at radius 3 is 2.80 bits per heavy atom. The molecular formula is C15H17ClO4. The number of halogens is 1. The van der Waals surface area contributed by atoms with Gasteiger partial charge in [0.2, 0.25) is 0 Å². The molecule has 1 aliphatic rings. The fourth-order valence-corrected chi connectivity index (χ4v) is 2.72. The predicted molar refractivity (Wildman–Crippen MR) is 76.4 cm³/mol. The zero-order chi connectivity index (χ0) is 15.0. The number of ether oxygens (including phenoxy) is 2. The Bertz CT molecular complexity index is 592. The van der Waals surface area contributed by atoms with Gasteiger partial charge in [0.1, 0.15) is 12.4 Å². The lowest BCUT2D eigenvalue weighted by atomic mass is 9.94. The Balaban J connectivity index is 2.61. The molecule has 1 N–H and O–H groups in total. The van der Waals surface area contributed by atoms with Gasteiger partial charge in [0.15, 0.2) is 0 Å². The van der Waals surface area contributed by atoms with Gasteiger partial charge in [0.05, 0.1) is 23.8 Å². The molecule has 5 heteroatoms. The molecule has 20 heavy (non-hydrogen) atoms. The van der Waals surface area contributed by atoms with E-state index in [1.54, 1.807) is 14.0 Å². The van der Waals surface area contributed by atoms with Gasteiger partial charge in [-0.2, -0.15) is 0 Å². The average Bonchev–Trinajstić information content (AvgIpc) is 2.78. The summed E-state index contributed by atoms with van der Waals surface area (Å²) in [6.07, 6.45) is -0.491. The number of rotatable bonds is 4. The molecule has 0 bridgehead atoms. The van der Waals surface area contributed by atoms with E-state index in [4.69, 9.17) is 21.1 Å². The molecule has 0 saturated carbocycles. The summed E-state index contributed by atoms with van der Waals surface area (Å²) < 4.78 is 10.4. The third-order valence-electron chi connectivity index (χ3n) is 3.58. The number of cyclic esters (lactones) is 1. The van der Waals surface area contributed by atoms with Crippen LogP contribution in [0.25, 0.3) is 0 Å². The second-order valence-corrected chi connectivity index (χ2v) is 5.32. The number of aliphatic hydroxyl groups is 1. The predicted octanol–water partition coefficient (Wildman–Crippen LogP) is 2.81. The Labute approximate surface area is 123 Å². The molecule has 108 valence electrons. The first kappa shape index (κ1) is 14.9. The maximum Gasteiger partial charge on any atom is 0.340 e. The fourth-order valence-electron chi connectivity index (χ4n) is 2.36. The van der Waals surface area contributed by atoms with Gasteiger partial charge in [-0.1, -0.05) is 23.8 Å². The quantitative estimate of drug-likeness (QED) is 0.686. The van der Waals surface area contributed by atoms with Gasteiger partial charge in [0.25, 0.3) is 0 Å². The van der Waals surface area contributed by atoms with E-state index >= 15 is 0 Å². The zero-order valence-corrected chi connectivity index (χ0v) is 12.5. The highest BCUT2D eigenvalue weighted by molar-refractivity contribution is 6.35. The van der Waals surface area contributed by atoms with Crippen LogP contribution >= 0.6 is 11.6 Å². The lowest BCUT2D eigenvalue weighted by Crippen LogP contribution is -2.14. The molecule has 0 radical (unpaired) electrons. The minimum atomic E-state index is -0.740. The molecule has 1 unspecified atom stereocenters. The molecule has 4 nitrogen and oxygen atoms in total. The number of hydrogen-bond donors (Lipinski definition) is 1. The number of hydrogen-bond acceptors (Lipinski definition) is 4. The van der Waals surface area contributed by atoms with Crippen LogP contribution < -0.4 is 4.74 Å². The maximum atomic E-state index is 11.8. The first-order valence-electron chi connectivity index (χ1n) is 6.26. The van der Waals surface area contributed by atoms with Gasteiger partial charge in [-0.15, -0.1) is 0 Å². The van der Waals surface area contributed by atoms with Crippen molar-refractivity contribution in [1.82, 2.24) is 0 Å². The third-order valence-corrected chi connectivity index (χ3v) is 3.99. The molecule has 0 fully saturated rings. The molecule has 0 amide bonds. The normalized spacial score (nSPS) is 14.8. The van der Waals surface area contributed by atoms with Gasteiger partial charge in [0, 0.05) is 17.5 Å². The maximum absolute atomic E-state index is 11.8. The number of carbonyl (C=O) groups excluding carboxylic acids is 1. The standard InChI is InChI=1S/C15H17ClO4/c1-7(2)11(17)5-9-13(16)12-10(6-20-15(12)18)8(3)14(9)19-4/h11,17H,1,5-6H2,2-4H3. The van der Waals surface area contributed by atoms with E-state index in [9.17, 15) is 9.90 Å². The van der Waals surface area contributed by atoms with Crippen LogP contribution in [-0.4, -0.2) is 24.3 Å². The van der Waals surface area contributed by atoms with Gasteiger partial charge >= 0.3 is 5.97 Å². The highest BCUT2D eigenvalue weighted by Crippen LogP contribution is 2.41. The summed E-state index contributed by atoms with van der Waals surface area (Å²) >= 11 is 6.33. The van der Waals surface area contributed by atoms with E-state index in [1.807, 2.05) is 6.92 Å². The van der Waals surface area contributed by atoms with Crippen LogP contribution in [-0.2, 0) is 17.8 Å². The minimum absolute atomic E-state index is 0.208. The van der Waals surface area contributed by atoms with Crippen molar-refractivity contribution in [2.45, 2.75) is 33.0 Å². The van der Waals surface area contributed by atoms with Crippen LogP contribution in [0.5, 0.6) is 5.75 Å². The number of esters is 1. The van der Waals surface area contributed by atoms with Crippen molar-refractivity contribution in [2.75, 3.05) is 7.11 Å². The lowest BCUT2D eigenvalue weighted by molar-refractivity contribution is 0.0535. The van der Waals surface area contributed by atoms with Crippen molar-refractivity contribution in [3.63, 3.8) is 0 Å². The highest BCUT2D eigenvalue weighted by Gasteiger charge is 2.31. The molecule has 1 aromatic carbocycles. The van der Waals surface area contributed by atoms with E-state index in [1.165, 1.54) is 0 Å². The van der Waals surface area contributed by atoms with Crippen LogP contribution in [0.4, 0.5) is 0 Å². The van der Waals surface area contributed by atoms with Crippen LogP contribution in [0.3, 0.4) is 0 Å². The molecule has 1 aromatic rings. The van der Waals surface area contributed by atoms with Gasteiger partial charge in [-0.25, -0.2) is 4.79 Å². The molecule has 0 aliphatic carbocycles. The smallest absolute Gasteiger partial charge is 0.340 e. The Hall–Kier alpha value is -1.52. The van der Waals surface area contributed by atoms with Crippen molar-refractivity contribution < 1.29 is 19.4 Å². The summed E-state index contributed by atoms with van der Waals surface area (Å²) in [5.41, 5.74) is 3.20. The van der Waals surface area contributed by atoms with Crippen LogP contribution in [0.15, 0.2) is 12.2 Å². The van der Waals surface area contributed by atoms with E-state index in [2.05, 4.69) is 6.58 Å². The summed E-state index contributed by atoms with van der Waals surface area (Å²) in [6.45, 7) is 7.52. The van der Waals surface area contributed by atoms with Crippen molar-refractivity contribution >= 4 is 17.6 Å². The fraction of sp³-hybridized carbons (Fsp3) is 0.400. The summed E-state index contributed by atoms with van der Waals surface area (Å²) in [4.78, 5) is 11.8. The number of fused-ring (bicyclic) bond motifs is 1. The zero-order valence-electron chi connectivity index (χ0n) is 11.7. The second-order valence-electron chi connectivity index (χ2n) is 4.95. The molecule has 0 saturated heterocycles. The van der Waals surface area contributed by atoms with Gasteiger partial charge in [-0.05, 0) is 19.4 Å². The van der Waals surface area contributed by atoms with Crippen molar-refractivity contribution in [3.8, 4) is 5.75 Å². The summed E-state index contributed by atoms with van der Waals surface area (Å²) in [7, 11) is 1.54. The molecule has 0 aromatic heterocycles. The van der Waals surface area contributed by atoms with Crippen molar-refractivity contribution in [1.29, 1.82) is 0 Å². The van der Waals surface area contributed by atoms with E-state index in [0.717, 1.165) is 11.1 Å². The first-order valence-corrected chi connectivity index (χ1v) is 6.64. The topological polar surface area (TPSA) is 55.8 Å². The molecule has 2 rings (SSSR count). The third kappa shape index (κ3) is 2.30. The van der Waals surface area contributed by atoms with Gasteiger partial charge < -0.3 is 14.6 Å². The molecule has 1 atom stereocenters. The van der Waals surface area contributed by atoms with Crippen LogP contribution in [0, 0.1) is 6.92 Å². The molecule has 0 spiro atoms. The van der Waals surface area contributed by atoms with Crippen LogP contribution in [0.1, 0.15) is 34.0 Å². The number of carbonyl (C=O) groups is 1. The molecule has 1 heterocycles. The van der Waals surface area contributed by atoms with Crippen LogP contribution in [0.2, 0.25) is 5.02 Å². The Kier molecular flexibility index (Phi) is 4.06. The summed E-state index contributed by atoms with van der Waals surface area (Å²) in [6, 6.07) is 0. The largest absolute Gasteiger partial charge is 0.496 e. The first-order chi connectivity index (χ1) is 9.38. The minimum Gasteiger partial charge on any atom is -0.496 e. The Morgan fingerprint density at radius 1 is 1.60 bits per heavy atom. The van der Waals surface area contributed by atoms with Crippen molar-refractivity contribution in [3.05, 3.63) is 39.4 Å². The molecular weight excluding hydrogens is 280 g/mol. The summed E-state index contributed by atoms with van der Waals surface area (Å²) in [5, 5.41) is 10.3. The number of methoxy groups -OCH3 is 1. The van der Waals surface area contributed by atoms with Gasteiger partial charge in [-0.3, -0.25) is 0 Å². The second kappa shape index (κ2) is 5.46. The van der Waals surface area contributed by atoms with Crippen molar-refractivity contribution in [2.24, 2.45) is 0 Å².